The van der Waals surface area contributed by atoms with E-state index in [1.165, 1.54) is 0 Å². The molecule has 1 atom stereocenters. The molecule has 18 heavy (non-hydrogen) atoms. The van der Waals surface area contributed by atoms with E-state index in [0.29, 0.717) is 18.9 Å². The van der Waals surface area contributed by atoms with E-state index in [-0.39, 0.29) is 5.91 Å². The fourth-order valence-corrected chi connectivity index (χ4v) is 2.13. The van der Waals surface area contributed by atoms with Crippen LogP contribution in [0.15, 0.2) is 0 Å². The molecule has 106 valence electrons. The Balaban J connectivity index is 2.20. The molecule has 3 N–H and O–H groups in total. The van der Waals surface area contributed by atoms with Crippen LogP contribution in [0.3, 0.4) is 0 Å². The molecule has 5 nitrogen and oxygen atoms in total. The number of rotatable bonds is 8. The summed E-state index contributed by atoms with van der Waals surface area (Å²) in [7, 11) is 0. The Bertz CT molecular complexity index is 255. The lowest BCUT2D eigenvalue weighted by Crippen LogP contribution is -2.53. The van der Waals surface area contributed by atoms with E-state index in [1.54, 1.807) is 0 Å². The molecule has 0 radical (unpaired) electrons. The summed E-state index contributed by atoms with van der Waals surface area (Å²) in [5.41, 5.74) is 4.75. The molecular formula is C13H26N2O3. The van der Waals surface area contributed by atoms with Gasteiger partial charge in [0.15, 0.2) is 0 Å². The molecule has 1 amide bonds. The standard InChI is InChI=1S/C13H26N2O3/c1-3-15-13(2,12(14)16)6-9-18-10-11-4-7-17-8-5-11/h11,15H,3-10H2,1-2H3,(H2,14,16). The smallest absolute Gasteiger partial charge is 0.237 e. The Labute approximate surface area is 109 Å². The van der Waals surface area contributed by atoms with E-state index in [1.807, 2.05) is 13.8 Å². The highest BCUT2D eigenvalue weighted by Crippen LogP contribution is 2.15. The maximum absolute atomic E-state index is 11.4. The summed E-state index contributed by atoms with van der Waals surface area (Å²) in [6.45, 7) is 7.50. The summed E-state index contributed by atoms with van der Waals surface area (Å²) in [4.78, 5) is 11.4. The topological polar surface area (TPSA) is 73.6 Å². The Kier molecular flexibility index (Phi) is 6.60. The first-order valence-electron chi connectivity index (χ1n) is 6.79. The number of amides is 1. The quantitative estimate of drug-likeness (QED) is 0.628. The Morgan fingerprint density at radius 1 is 1.50 bits per heavy atom. The molecule has 0 bridgehead atoms. The van der Waals surface area contributed by atoms with Crippen LogP contribution in [0.2, 0.25) is 0 Å². The fourth-order valence-electron chi connectivity index (χ4n) is 2.13. The minimum atomic E-state index is -0.662. The number of carbonyl (C=O) groups is 1. The van der Waals surface area contributed by atoms with Gasteiger partial charge in [0, 0.05) is 26.4 Å². The zero-order valence-electron chi connectivity index (χ0n) is 11.5. The molecule has 1 heterocycles. The van der Waals surface area contributed by atoms with Crippen LogP contribution in [0.25, 0.3) is 0 Å². The van der Waals surface area contributed by atoms with Gasteiger partial charge in [0.05, 0.1) is 5.54 Å². The molecule has 5 heteroatoms. The predicted molar refractivity (Wildman–Crippen MR) is 70.3 cm³/mol. The number of primary amides is 1. The van der Waals surface area contributed by atoms with Gasteiger partial charge in [-0.05, 0) is 38.6 Å². The normalized spacial score (nSPS) is 20.6. The van der Waals surface area contributed by atoms with E-state index in [4.69, 9.17) is 15.2 Å². The van der Waals surface area contributed by atoms with Gasteiger partial charge in [-0.25, -0.2) is 0 Å². The summed E-state index contributed by atoms with van der Waals surface area (Å²) in [6, 6.07) is 0. The molecule has 0 aromatic heterocycles. The monoisotopic (exact) mass is 258 g/mol. The first-order valence-corrected chi connectivity index (χ1v) is 6.79. The Morgan fingerprint density at radius 2 is 2.17 bits per heavy atom. The number of hydrogen-bond acceptors (Lipinski definition) is 4. The van der Waals surface area contributed by atoms with Crippen molar-refractivity contribution in [1.29, 1.82) is 0 Å². The van der Waals surface area contributed by atoms with Gasteiger partial charge in [0.25, 0.3) is 0 Å². The third-order valence-electron chi connectivity index (χ3n) is 3.55. The van der Waals surface area contributed by atoms with Gasteiger partial charge in [-0.1, -0.05) is 6.92 Å². The largest absolute Gasteiger partial charge is 0.381 e. The van der Waals surface area contributed by atoms with Crippen molar-refractivity contribution in [2.24, 2.45) is 11.7 Å². The molecule has 1 rings (SSSR count). The highest BCUT2D eigenvalue weighted by molar-refractivity contribution is 5.84. The second-order valence-corrected chi connectivity index (χ2v) is 5.11. The van der Waals surface area contributed by atoms with Crippen LogP contribution in [0.5, 0.6) is 0 Å². The van der Waals surface area contributed by atoms with Gasteiger partial charge in [0.2, 0.25) is 5.91 Å². The van der Waals surface area contributed by atoms with E-state index in [9.17, 15) is 4.79 Å². The molecule has 1 aliphatic rings. The zero-order chi connectivity index (χ0) is 13.4. The summed E-state index contributed by atoms with van der Waals surface area (Å²) < 4.78 is 11.0. The molecule has 0 saturated carbocycles. The van der Waals surface area contributed by atoms with Crippen molar-refractivity contribution in [2.45, 2.75) is 38.6 Å². The van der Waals surface area contributed by atoms with Crippen molar-refractivity contribution >= 4 is 5.91 Å². The zero-order valence-corrected chi connectivity index (χ0v) is 11.5. The molecule has 0 aromatic carbocycles. The second-order valence-electron chi connectivity index (χ2n) is 5.11. The Morgan fingerprint density at radius 3 is 2.72 bits per heavy atom. The van der Waals surface area contributed by atoms with Crippen LogP contribution >= 0.6 is 0 Å². The lowest BCUT2D eigenvalue weighted by atomic mass is 9.97. The Hall–Kier alpha value is -0.650. The summed E-state index contributed by atoms with van der Waals surface area (Å²) in [5, 5.41) is 3.12. The van der Waals surface area contributed by atoms with Crippen molar-refractivity contribution in [3.8, 4) is 0 Å². The lowest BCUT2D eigenvalue weighted by Gasteiger charge is -2.27. The fraction of sp³-hybridized carbons (Fsp3) is 0.923. The second kappa shape index (κ2) is 7.71. The average Bonchev–Trinajstić information content (AvgIpc) is 2.36. The highest BCUT2D eigenvalue weighted by atomic mass is 16.5. The molecule has 1 unspecified atom stereocenters. The summed E-state index contributed by atoms with van der Waals surface area (Å²) in [6.07, 6.45) is 2.75. The molecule has 0 aromatic rings. The number of hydrogen-bond donors (Lipinski definition) is 2. The summed E-state index contributed by atoms with van der Waals surface area (Å²) in [5.74, 6) is 0.275. The van der Waals surface area contributed by atoms with Gasteiger partial charge in [-0.15, -0.1) is 0 Å². The first-order chi connectivity index (χ1) is 8.58. The number of nitrogens with two attached hydrogens (primary N) is 1. The van der Waals surface area contributed by atoms with Crippen molar-refractivity contribution in [3.05, 3.63) is 0 Å². The lowest BCUT2D eigenvalue weighted by molar-refractivity contribution is -0.124. The molecule has 1 fully saturated rings. The van der Waals surface area contributed by atoms with Crippen LogP contribution < -0.4 is 11.1 Å². The SMILES string of the molecule is CCNC(C)(CCOCC1CCOCC1)C(N)=O. The van der Waals surface area contributed by atoms with Crippen molar-refractivity contribution in [2.75, 3.05) is 33.0 Å². The first kappa shape index (κ1) is 15.4. The van der Waals surface area contributed by atoms with Crippen LogP contribution in [0, 0.1) is 5.92 Å². The maximum atomic E-state index is 11.4. The highest BCUT2D eigenvalue weighted by Gasteiger charge is 2.29. The number of ether oxygens (including phenoxy) is 2. The maximum Gasteiger partial charge on any atom is 0.237 e. The van der Waals surface area contributed by atoms with Crippen LogP contribution in [0.4, 0.5) is 0 Å². The summed E-state index contributed by atoms with van der Waals surface area (Å²) >= 11 is 0. The van der Waals surface area contributed by atoms with Crippen LogP contribution in [-0.2, 0) is 14.3 Å². The van der Waals surface area contributed by atoms with E-state index >= 15 is 0 Å². The van der Waals surface area contributed by atoms with Crippen molar-refractivity contribution in [3.63, 3.8) is 0 Å². The minimum Gasteiger partial charge on any atom is -0.381 e. The predicted octanol–water partition coefficient (Wildman–Crippen LogP) is 0.673. The van der Waals surface area contributed by atoms with Gasteiger partial charge < -0.3 is 20.5 Å². The number of nitrogens with one attached hydrogen (secondary N) is 1. The van der Waals surface area contributed by atoms with E-state index in [2.05, 4.69) is 5.32 Å². The average molecular weight is 258 g/mol. The molecule has 0 aliphatic carbocycles. The van der Waals surface area contributed by atoms with Gasteiger partial charge in [0.1, 0.15) is 0 Å². The third kappa shape index (κ3) is 4.92. The molecular weight excluding hydrogens is 232 g/mol. The van der Waals surface area contributed by atoms with Gasteiger partial charge in [-0.3, -0.25) is 4.79 Å². The van der Waals surface area contributed by atoms with Gasteiger partial charge >= 0.3 is 0 Å². The van der Waals surface area contributed by atoms with Crippen LogP contribution in [-0.4, -0.2) is 44.4 Å². The van der Waals surface area contributed by atoms with E-state index < -0.39 is 5.54 Å². The third-order valence-corrected chi connectivity index (χ3v) is 3.55. The molecule has 0 spiro atoms. The molecule has 1 saturated heterocycles. The molecule has 1 aliphatic heterocycles. The van der Waals surface area contributed by atoms with Crippen molar-refractivity contribution < 1.29 is 14.3 Å². The van der Waals surface area contributed by atoms with Crippen LogP contribution in [0.1, 0.15) is 33.1 Å². The number of carbonyl (C=O) groups excluding carboxylic acids is 1. The van der Waals surface area contributed by atoms with E-state index in [0.717, 1.165) is 39.2 Å². The minimum absolute atomic E-state index is 0.320. The van der Waals surface area contributed by atoms with Gasteiger partial charge in [-0.2, -0.15) is 0 Å². The number of likely N-dealkylation sites (N-methyl/N-ethyl adjacent to an activating group) is 1. The van der Waals surface area contributed by atoms with Crippen molar-refractivity contribution in [1.82, 2.24) is 5.32 Å².